The number of nitrogens with zero attached hydrogens (tertiary/aromatic N) is 3. The molecule has 4 heteroatoms. The van der Waals surface area contributed by atoms with Crippen LogP contribution in [0.4, 0.5) is 17.1 Å². The van der Waals surface area contributed by atoms with E-state index in [4.69, 9.17) is 4.42 Å². The number of para-hydroxylation sites is 5. The number of fused-ring (bicyclic) bond motifs is 10. The number of hydrogen-bond donors (Lipinski definition) is 0. The van der Waals surface area contributed by atoms with Crippen LogP contribution >= 0.6 is 0 Å². The number of hydrogen-bond acceptors (Lipinski definition) is 2. The molecule has 0 amide bonds. The van der Waals surface area contributed by atoms with Crippen LogP contribution in [-0.2, 0) is 0 Å². The summed E-state index contributed by atoms with van der Waals surface area (Å²) in [6.07, 6.45) is 0. The standard InChI is InChI=1S/C58H37N3O/c1-3-16-38(17-4-1)60-52-27-13-10-24-49(52)58-48(25-15-28-54(58)60)43-33-34-53(44-21-8-7-20-42(43)44)59(40-31-35-57-50(36-40)47-23-11-14-29-56(47)62-57)41-30-32-46-45-22-9-12-26-51(45)61(55(46)37-41)39-18-5-2-6-19-39/h1-37H. The molecule has 0 N–H and O–H groups in total. The maximum atomic E-state index is 6.36. The summed E-state index contributed by atoms with van der Waals surface area (Å²) in [5, 5.41) is 9.47. The summed E-state index contributed by atoms with van der Waals surface area (Å²) < 4.78 is 11.2. The normalized spacial score (nSPS) is 11.9. The lowest BCUT2D eigenvalue weighted by atomic mass is 9.93. The smallest absolute Gasteiger partial charge is 0.135 e. The molecule has 13 aromatic rings. The van der Waals surface area contributed by atoms with Crippen molar-refractivity contribution >= 4 is 93.4 Å². The third-order valence-corrected chi connectivity index (χ3v) is 12.7. The minimum atomic E-state index is 0.873. The fourth-order valence-corrected chi connectivity index (χ4v) is 10.0. The number of aromatic nitrogens is 2. The summed E-state index contributed by atoms with van der Waals surface area (Å²) >= 11 is 0. The third-order valence-electron chi connectivity index (χ3n) is 12.7. The molecule has 0 aliphatic rings. The minimum absolute atomic E-state index is 0.873. The van der Waals surface area contributed by atoms with Crippen molar-refractivity contribution in [3.63, 3.8) is 0 Å². The molecule has 0 unspecified atom stereocenters. The van der Waals surface area contributed by atoms with Crippen molar-refractivity contribution in [2.24, 2.45) is 0 Å². The van der Waals surface area contributed by atoms with E-state index in [1.165, 1.54) is 54.6 Å². The van der Waals surface area contributed by atoms with Gasteiger partial charge in [0.15, 0.2) is 0 Å². The van der Waals surface area contributed by atoms with Crippen LogP contribution < -0.4 is 4.90 Å². The molecule has 0 aliphatic heterocycles. The van der Waals surface area contributed by atoms with E-state index in [-0.39, 0.29) is 0 Å². The highest BCUT2D eigenvalue weighted by Crippen LogP contribution is 2.47. The van der Waals surface area contributed by atoms with Gasteiger partial charge < -0.3 is 18.5 Å². The van der Waals surface area contributed by atoms with E-state index in [1.54, 1.807) is 0 Å². The number of furan rings is 1. The second-order valence-electron chi connectivity index (χ2n) is 16.1. The van der Waals surface area contributed by atoms with E-state index in [9.17, 15) is 0 Å². The van der Waals surface area contributed by atoms with E-state index in [0.29, 0.717) is 0 Å². The van der Waals surface area contributed by atoms with Crippen molar-refractivity contribution in [1.82, 2.24) is 9.13 Å². The van der Waals surface area contributed by atoms with Gasteiger partial charge >= 0.3 is 0 Å². The zero-order valence-electron chi connectivity index (χ0n) is 33.6. The first-order valence-corrected chi connectivity index (χ1v) is 21.2. The summed E-state index contributed by atoms with van der Waals surface area (Å²) in [6.45, 7) is 0. The molecule has 3 heterocycles. The lowest BCUT2D eigenvalue weighted by molar-refractivity contribution is 0.669. The second-order valence-corrected chi connectivity index (χ2v) is 16.1. The van der Waals surface area contributed by atoms with Crippen LogP contribution in [0.15, 0.2) is 229 Å². The summed E-state index contributed by atoms with van der Waals surface area (Å²) in [5.41, 5.74) is 14.4. The highest BCUT2D eigenvalue weighted by molar-refractivity contribution is 6.19. The van der Waals surface area contributed by atoms with Gasteiger partial charge in [-0.25, -0.2) is 0 Å². The van der Waals surface area contributed by atoms with Crippen molar-refractivity contribution in [2.75, 3.05) is 4.90 Å². The number of rotatable bonds is 6. The van der Waals surface area contributed by atoms with Crippen LogP contribution in [-0.4, -0.2) is 9.13 Å². The Hall–Kier alpha value is -8.34. The fourth-order valence-electron chi connectivity index (χ4n) is 10.0. The largest absolute Gasteiger partial charge is 0.456 e. The Kier molecular flexibility index (Phi) is 7.57. The zero-order chi connectivity index (χ0) is 40.7. The minimum Gasteiger partial charge on any atom is -0.456 e. The van der Waals surface area contributed by atoms with Crippen LogP contribution in [0, 0.1) is 0 Å². The summed E-state index contributed by atoms with van der Waals surface area (Å²) in [4.78, 5) is 2.43. The highest BCUT2D eigenvalue weighted by Gasteiger charge is 2.23. The van der Waals surface area contributed by atoms with Crippen LogP contribution in [0.5, 0.6) is 0 Å². The van der Waals surface area contributed by atoms with Crippen molar-refractivity contribution in [3.8, 4) is 22.5 Å². The molecule has 0 spiro atoms. The van der Waals surface area contributed by atoms with Gasteiger partial charge in [-0.1, -0.05) is 140 Å². The molecule has 0 saturated heterocycles. The summed E-state index contributed by atoms with van der Waals surface area (Å²) in [5.74, 6) is 0. The maximum Gasteiger partial charge on any atom is 0.135 e. The Bertz CT molecular complexity index is 3870. The fraction of sp³-hybridized carbons (Fsp3) is 0. The first kappa shape index (κ1) is 34.5. The molecule has 13 rings (SSSR count). The van der Waals surface area contributed by atoms with Gasteiger partial charge in [0.1, 0.15) is 11.2 Å². The molecule has 0 atom stereocenters. The molecule has 62 heavy (non-hydrogen) atoms. The van der Waals surface area contributed by atoms with E-state index < -0.39 is 0 Å². The van der Waals surface area contributed by atoms with Crippen molar-refractivity contribution in [3.05, 3.63) is 224 Å². The Balaban J connectivity index is 1.08. The molecule has 4 nitrogen and oxygen atoms in total. The van der Waals surface area contributed by atoms with Crippen LogP contribution in [0.25, 0.3) is 98.8 Å². The Morgan fingerprint density at radius 2 is 0.855 bits per heavy atom. The second kappa shape index (κ2) is 13.6. The highest BCUT2D eigenvalue weighted by atomic mass is 16.3. The lowest BCUT2D eigenvalue weighted by Crippen LogP contribution is -2.11. The Morgan fingerprint density at radius 3 is 1.63 bits per heavy atom. The van der Waals surface area contributed by atoms with E-state index >= 15 is 0 Å². The Morgan fingerprint density at radius 1 is 0.306 bits per heavy atom. The first-order chi connectivity index (χ1) is 30.8. The van der Waals surface area contributed by atoms with Gasteiger partial charge in [-0.2, -0.15) is 0 Å². The van der Waals surface area contributed by atoms with Crippen molar-refractivity contribution < 1.29 is 4.42 Å². The molecular weight excluding hydrogens is 755 g/mol. The number of anilines is 3. The maximum absolute atomic E-state index is 6.36. The van der Waals surface area contributed by atoms with Gasteiger partial charge in [0.2, 0.25) is 0 Å². The molecular formula is C58H37N3O. The van der Waals surface area contributed by atoms with Gasteiger partial charge in [0.25, 0.3) is 0 Å². The van der Waals surface area contributed by atoms with E-state index in [2.05, 4.69) is 226 Å². The molecule has 0 aliphatic carbocycles. The lowest BCUT2D eigenvalue weighted by Gasteiger charge is -2.28. The van der Waals surface area contributed by atoms with Gasteiger partial charge in [-0.05, 0) is 101 Å². The molecule has 0 radical (unpaired) electrons. The van der Waals surface area contributed by atoms with Crippen LogP contribution in [0.2, 0.25) is 0 Å². The first-order valence-electron chi connectivity index (χ1n) is 21.2. The zero-order valence-corrected chi connectivity index (χ0v) is 33.6. The molecule has 0 bridgehead atoms. The topological polar surface area (TPSA) is 26.2 Å². The molecule has 3 aromatic heterocycles. The van der Waals surface area contributed by atoms with Crippen molar-refractivity contribution in [1.29, 1.82) is 0 Å². The monoisotopic (exact) mass is 791 g/mol. The van der Waals surface area contributed by atoms with Gasteiger partial charge in [-0.15, -0.1) is 0 Å². The molecule has 0 fully saturated rings. The van der Waals surface area contributed by atoms with Crippen molar-refractivity contribution in [2.45, 2.75) is 0 Å². The summed E-state index contributed by atoms with van der Waals surface area (Å²) in [6, 6.07) is 81.1. The Labute approximate surface area is 357 Å². The molecule has 10 aromatic carbocycles. The van der Waals surface area contributed by atoms with Gasteiger partial charge in [0, 0.05) is 60.5 Å². The predicted molar refractivity (Wildman–Crippen MR) is 260 cm³/mol. The van der Waals surface area contributed by atoms with E-state index in [0.717, 1.165) is 61.3 Å². The van der Waals surface area contributed by atoms with Crippen LogP contribution in [0.1, 0.15) is 0 Å². The average molecular weight is 792 g/mol. The van der Waals surface area contributed by atoms with Gasteiger partial charge in [-0.3, -0.25) is 0 Å². The predicted octanol–water partition coefficient (Wildman–Crippen LogP) is 16.1. The van der Waals surface area contributed by atoms with E-state index in [1.807, 2.05) is 12.1 Å². The SMILES string of the molecule is c1ccc(-n2c3ccccc3c3ccc(N(c4ccc5oc6ccccc6c5c4)c4ccc(-c5cccc6c5c5ccccc5n6-c5ccccc5)c5ccccc45)cc32)cc1. The quantitative estimate of drug-likeness (QED) is 0.168. The molecule has 290 valence electrons. The molecule has 0 saturated carbocycles. The number of benzene rings is 10. The van der Waals surface area contributed by atoms with Gasteiger partial charge in [0.05, 0.1) is 27.8 Å². The third kappa shape index (κ3) is 5.14. The average Bonchev–Trinajstić information content (AvgIpc) is 4.00. The van der Waals surface area contributed by atoms with Crippen LogP contribution in [0.3, 0.4) is 0 Å². The summed E-state index contributed by atoms with van der Waals surface area (Å²) in [7, 11) is 0.